The standard InChI is InChI=1S/C17H19N3O3/c1-20(2)14-7-4-12(5-8-14)17(22)19-18-11-13-6-9-15(23-3)10-16(13)21/h4-11,21H,1-3H3,(H,19,22)/p+1/b18-11+. The number of methoxy groups -OCH3 is 1. The lowest BCUT2D eigenvalue weighted by Crippen LogP contribution is -3.00. The number of aromatic hydroxyl groups is 1. The topological polar surface area (TPSA) is 75.4 Å². The summed E-state index contributed by atoms with van der Waals surface area (Å²) < 4.78 is 5.00. The number of quaternary nitrogens is 1. The summed E-state index contributed by atoms with van der Waals surface area (Å²) in [5.41, 5.74) is 4.53. The fourth-order valence-electron chi connectivity index (χ4n) is 1.94. The maximum atomic E-state index is 12.0. The Balaban J connectivity index is 2.01. The molecule has 1 amide bonds. The van der Waals surface area contributed by atoms with Crippen molar-refractivity contribution in [3.05, 3.63) is 53.6 Å². The lowest BCUT2D eigenvalue weighted by Gasteiger charge is -2.06. The van der Waals surface area contributed by atoms with Crippen LogP contribution in [-0.2, 0) is 0 Å². The first-order chi connectivity index (χ1) is 11.0. The Morgan fingerprint density at radius 1 is 1.22 bits per heavy atom. The molecule has 120 valence electrons. The molecular weight excluding hydrogens is 294 g/mol. The molecule has 0 fully saturated rings. The Labute approximate surface area is 135 Å². The van der Waals surface area contributed by atoms with Gasteiger partial charge >= 0.3 is 0 Å². The molecule has 0 aliphatic heterocycles. The predicted molar refractivity (Wildman–Crippen MR) is 88.6 cm³/mol. The molecule has 0 atom stereocenters. The van der Waals surface area contributed by atoms with E-state index in [0.29, 0.717) is 16.9 Å². The Morgan fingerprint density at radius 2 is 1.91 bits per heavy atom. The van der Waals surface area contributed by atoms with Gasteiger partial charge in [-0.2, -0.15) is 5.10 Å². The lowest BCUT2D eigenvalue weighted by molar-refractivity contribution is -0.786. The first-order valence-corrected chi connectivity index (χ1v) is 7.12. The number of hydrogen-bond acceptors (Lipinski definition) is 4. The molecule has 0 saturated heterocycles. The van der Waals surface area contributed by atoms with Crippen LogP contribution in [0.5, 0.6) is 11.5 Å². The number of phenolic OH excluding ortho intramolecular Hbond substituents is 1. The molecule has 6 nitrogen and oxygen atoms in total. The number of carbonyl (C=O) groups excluding carboxylic acids is 1. The summed E-state index contributed by atoms with van der Waals surface area (Å²) in [6.45, 7) is 0. The van der Waals surface area contributed by atoms with Crippen molar-refractivity contribution in [1.29, 1.82) is 0 Å². The van der Waals surface area contributed by atoms with Crippen LogP contribution in [0.2, 0.25) is 0 Å². The van der Waals surface area contributed by atoms with Crippen LogP contribution in [0.25, 0.3) is 0 Å². The van der Waals surface area contributed by atoms with Gasteiger partial charge in [0, 0.05) is 17.2 Å². The van der Waals surface area contributed by atoms with Crippen molar-refractivity contribution in [3.63, 3.8) is 0 Å². The second kappa shape index (κ2) is 7.42. The van der Waals surface area contributed by atoms with E-state index >= 15 is 0 Å². The smallest absolute Gasteiger partial charge is 0.271 e. The Bertz CT molecular complexity index is 710. The number of nitrogens with zero attached hydrogens (tertiary/aromatic N) is 1. The molecule has 6 heteroatoms. The van der Waals surface area contributed by atoms with Crippen LogP contribution in [0.4, 0.5) is 5.69 Å². The van der Waals surface area contributed by atoms with E-state index in [-0.39, 0.29) is 11.7 Å². The van der Waals surface area contributed by atoms with Crippen LogP contribution >= 0.6 is 0 Å². The van der Waals surface area contributed by atoms with Gasteiger partial charge in [0.2, 0.25) is 0 Å². The van der Waals surface area contributed by atoms with Crippen molar-refractivity contribution in [2.45, 2.75) is 0 Å². The highest BCUT2D eigenvalue weighted by molar-refractivity contribution is 5.95. The number of nitrogens with one attached hydrogen (secondary N) is 2. The van der Waals surface area contributed by atoms with Crippen molar-refractivity contribution in [3.8, 4) is 11.5 Å². The quantitative estimate of drug-likeness (QED) is 0.568. The van der Waals surface area contributed by atoms with Gasteiger partial charge in [-0.1, -0.05) is 0 Å². The molecule has 23 heavy (non-hydrogen) atoms. The summed E-state index contributed by atoms with van der Waals surface area (Å²) in [4.78, 5) is 13.2. The van der Waals surface area contributed by atoms with E-state index in [2.05, 4.69) is 10.5 Å². The van der Waals surface area contributed by atoms with E-state index in [1.54, 1.807) is 24.3 Å². The van der Waals surface area contributed by atoms with E-state index < -0.39 is 0 Å². The predicted octanol–water partition coefficient (Wildman–Crippen LogP) is 0.941. The molecule has 0 aromatic heterocycles. The molecule has 3 N–H and O–H groups in total. The highest BCUT2D eigenvalue weighted by Gasteiger charge is 2.06. The van der Waals surface area contributed by atoms with Gasteiger partial charge in [0.15, 0.2) is 0 Å². The molecular formula is C17H20N3O3+. The summed E-state index contributed by atoms with van der Waals surface area (Å²) in [6.07, 6.45) is 1.38. The highest BCUT2D eigenvalue weighted by Crippen LogP contribution is 2.21. The zero-order valence-electron chi connectivity index (χ0n) is 13.3. The first-order valence-electron chi connectivity index (χ1n) is 7.12. The van der Waals surface area contributed by atoms with E-state index in [9.17, 15) is 9.90 Å². The zero-order valence-corrected chi connectivity index (χ0v) is 13.3. The summed E-state index contributed by atoms with van der Waals surface area (Å²) in [5, 5.41) is 13.7. The number of hydrazone groups is 1. The monoisotopic (exact) mass is 314 g/mol. The number of benzene rings is 2. The fraction of sp³-hybridized carbons (Fsp3) is 0.176. The number of phenols is 1. The SMILES string of the molecule is COc1ccc(/C=N/NC(=O)c2ccc([NH+](C)C)cc2)c(O)c1. The van der Waals surface area contributed by atoms with Crippen molar-refractivity contribution in [1.82, 2.24) is 5.43 Å². The summed E-state index contributed by atoms with van der Waals surface area (Å²) >= 11 is 0. The molecule has 0 radical (unpaired) electrons. The van der Waals surface area contributed by atoms with Crippen LogP contribution < -0.4 is 15.1 Å². The third-order valence-electron chi connectivity index (χ3n) is 3.33. The second-order valence-electron chi connectivity index (χ2n) is 5.20. The van der Waals surface area contributed by atoms with E-state index in [0.717, 1.165) is 5.69 Å². The zero-order chi connectivity index (χ0) is 16.8. The van der Waals surface area contributed by atoms with Gasteiger partial charge in [-0.15, -0.1) is 0 Å². The van der Waals surface area contributed by atoms with Gasteiger partial charge in [0.25, 0.3) is 5.91 Å². The van der Waals surface area contributed by atoms with Crippen molar-refractivity contribution < 1.29 is 19.5 Å². The second-order valence-corrected chi connectivity index (χ2v) is 5.20. The normalized spacial score (nSPS) is 11.0. The van der Waals surface area contributed by atoms with Crippen LogP contribution in [0.15, 0.2) is 47.6 Å². The van der Waals surface area contributed by atoms with E-state index in [1.165, 1.54) is 24.3 Å². The third kappa shape index (κ3) is 4.31. The molecule has 0 aliphatic rings. The summed E-state index contributed by atoms with van der Waals surface area (Å²) in [6, 6.07) is 12.1. The first kappa shape index (κ1) is 16.5. The maximum Gasteiger partial charge on any atom is 0.271 e. The molecule has 0 bridgehead atoms. The van der Waals surface area contributed by atoms with Gasteiger partial charge in [0.05, 0.1) is 27.4 Å². The van der Waals surface area contributed by atoms with Gasteiger partial charge in [-0.25, -0.2) is 5.43 Å². The largest absolute Gasteiger partial charge is 0.507 e. The van der Waals surface area contributed by atoms with Crippen LogP contribution in [0, 0.1) is 0 Å². The van der Waals surface area contributed by atoms with Gasteiger partial charge in [0.1, 0.15) is 17.2 Å². The fourth-order valence-corrected chi connectivity index (χ4v) is 1.94. The molecule has 0 unspecified atom stereocenters. The molecule has 2 aromatic carbocycles. The molecule has 0 saturated carbocycles. The third-order valence-corrected chi connectivity index (χ3v) is 3.33. The minimum absolute atomic E-state index is 0.0284. The maximum absolute atomic E-state index is 12.0. The summed E-state index contributed by atoms with van der Waals surface area (Å²) in [7, 11) is 5.55. The van der Waals surface area contributed by atoms with Crippen molar-refractivity contribution in [2.75, 3.05) is 21.2 Å². The average molecular weight is 314 g/mol. The molecule has 2 rings (SSSR count). The van der Waals surface area contributed by atoms with Crippen molar-refractivity contribution >= 4 is 17.8 Å². The molecule has 0 heterocycles. The molecule has 0 aliphatic carbocycles. The summed E-state index contributed by atoms with van der Waals surface area (Å²) in [5.74, 6) is 0.266. The minimum Gasteiger partial charge on any atom is -0.507 e. The lowest BCUT2D eigenvalue weighted by atomic mass is 10.2. The average Bonchev–Trinajstić information content (AvgIpc) is 2.56. The van der Waals surface area contributed by atoms with E-state index in [1.807, 2.05) is 26.2 Å². The minimum atomic E-state index is -0.311. The van der Waals surface area contributed by atoms with Crippen LogP contribution in [0.1, 0.15) is 15.9 Å². The van der Waals surface area contributed by atoms with Crippen LogP contribution in [-0.4, -0.2) is 38.4 Å². The number of hydrogen-bond donors (Lipinski definition) is 3. The Kier molecular flexibility index (Phi) is 5.32. The van der Waals surface area contributed by atoms with Crippen LogP contribution in [0.3, 0.4) is 0 Å². The van der Waals surface area contributed by atoms with Gasteiger partial charge < -0.3 is 14.7 Å². The van der Waals surface area contributed by atoms with Gasteiger partial charge in [-0.05, 0) is 36.4 Å². The number of ether oxygens (including phenoxy) is 1. The molecule has 2 aromatic rings. The Morgan fingerprint density at radius 3 is 2.48 bits per heavy atom. The van der Waals surface area contributed by atoms with Gasteiger partial charge in [-0.3, -0.25) is 4.79 Å². The number of amides is 1. The highest BCUT2D eigenvalue weighted by atomic mass is 16.5. The van der Waals surface area contributed by atoms with Crippen molar-refractivity contribution in [2.24, 2.45) is 5.10 Å². The number of carbonyl (C=O) groups is 1. The van der Waals surface area contributed by atoms with E-state index in [4.69, 9.17) is 4.74 Å². The number of rotatable bonds is 5. The Hall–Kier alpha value is -2.86. The molecule has 0 spiro atoms.